The molecular formula is C16H13NO. The number of aromatic amines is 1. The molecular weight excluding hydrogens is 222 g/mol. The summed E-state index contributed by atoms with van der Waals surface area (Å²) in [4.78, 5) is 14.1. The second-order valence-corrected chi connectivity index (χ2v) is 4.49. The lowest BCUT2D eigenvalue weighted by atomic mass is 10.0. The molecule has 0 radical (unpaired) electrons. The highest BCUT2D eigenvalue weighted by atomic mass is 16.1. The Morgan fingerprint density at radius 1 is 1.06 bits per heavy atom. The van der Waals surface area contributed by atoms with Gasteiger partial charge in [0.05, 0.1) is 0 Å². The summed E-state index contributed by atoms with van der Waals surface area (Å²) in [5.41, 5.74) is 5.24. The van der Waals surface area contributed by atoms with Crippen LogP contribution in [-0.4, -0.2) is 11.3 Å². The third kappa shape index (κ3) is 1.72. The number of aldehydes is 1. The molecule has 3 rings (SSSR count). The van der Waals surface area contributed by atoms with Gasteiger partial charge in [-0.25, -0.2) is 0 Å². The van der Waals surface area contributed by atoms with E-state index in [0.29, 0.717) is 5.56 Å². The number of aromatic nitrogens is 1. The van der Waals surface area contributed by atoms with Crippen molar-refractivity contribution in [2.45, 2.75) is 6.92 Å². The van der Waals surface area contributed by atoms with Gasteiger partial charge in [-0.15, -0.1) is 0 Å². The van der Waals surface area contributed by atoms with Gasteiger partial charge >= 0.3 is 0 Å². The van der Waals surface area contributed by atoms with E-state index in [1.54, 1.807) is 6.20 Å². The van der Waals surface area contributed by atoms with Gasteiger partial charge in [-0.2, -0.15) is 0 Å². The first kappa shape index (κ1) is 10.8. The first-order valence-corrected chi connectivity index (χ1v) is 5.91. The summed E-state index contributed by atoms with van der Waals surface area (Å²) in [6, 6.07) is 14.5. The summed E-state index contributed by atoms with van der Waals surface area (Å²) in [7, 11) is 0. The predicted octanol–water partition coefficient (Wildman–Crippen LogP) is 3.96. The lowest BCUT2D eigenvalue weighted by Gasteiger charge is -2.03. The number of aryl methyl sites for hydroxylation is 1. The number of carbonyl (C=O) groups is 1. The van der Waals surface area contributed by atoms with Crippen LogP contribution in [0.2, 0.25) is 0 Å². The van der Waals surface area contributed by atoms with Gasteiger partial charge in [0.2, 0.25) is 0 Å². The van der Waals surface area contributed by atoms with Crippen LogP contribution >= 0.6 is 0 Å². The topological polar surface area (TPSA) is 32.9 Å². The Hall–Kier alpha value is -2.35. The first-order chi connectivity index (χ1) is 8.78. The second-order valence-electron chi connectivity index (χ2n) is 4.49. The molecule has 0 aliphatic heterocycles. The van der Waals surface area contributed by atoms with E-state index in [1.165, 1.54) is 11.1 Å². The van der Waals surface area contributed by atoms with Crippen molar-refractivity contribution >= 4 is 17.2 Å². The van der Waals surface area contributed by atoms with Crippen molar-refractivity contribution in [3.63, 3.8) is 0 Å². The van der Waals surface area contributed by atoms with Crippen LogP contribution in [0.5, 0.6) is 0 Å². The minimum Gasteiger partial charge on any atom is -0.360 e. The molecule has 0 amide bonds. The Bertz CT molecular complexity index is 725. The standard InChI is InChI=1S/C16H13NO/c1-11-3-2-4-12(7-11)13-5-6-16-15(8-13)14(10-18)9-17-16/h2-10,17H,1H3. The van der Waals surface area contributed by atoms with Crippen molar-refractivity contribution in [1.29, 1.82) is 0 Å². The van der Waals surface area contributed by atoms with Gasteiger partial charge in [0.1, 0.15) is 0 Å². The van der Waals surface area contributed by atoms with Crippen molar-refractivity contribution in [2.24, 2.45) is 0 Å². The number of hydrogen-bond donors (Lipinski definition) is 1. The number of benzene rings is 2. The Morgan fingerprint density at radius 2 is 1.89 bits per heavy atom. The Labute approximate surface area is 105 Å². The number of nitrogens with one attached hydrogen (secondary N) is 1. The zero-order chi connectivity index (χ0) is 12.5. The maximum atomic E-state index is 11.0. The highest BCUT2D eigenvalue weighted by Crippen LogP contribution is 2.26. The molecule has 0 spiro atoms. The number of rotatable bonds is 2. The van der Waals surface area contributed by atoms with Crippen molar-refractivity contribution in [3.05, 3.63) is 59.8 Å². The normalized spacial score (nSPS) is 10.7. The molecule has 0 saturated heterocycles. The van der Waals surface area contributed by atoms with Crippen LogP contribution < -0.4 is 0 Å². The van der Waals surface area contributed by atoms with Crippen molar-refractivity contribution in [3.8, 4) is 11.1 Å². The van der Waals surface area contributed by atoms with Crippen LogP contribution in [0.3, 0.4) is 0 Å². The van der Waals surface area contributed by atoms with Gasteiger partial charge in [-0.3, -0.25) is 4.79 Å². The van der Waals surface area contributed by atoms with Crippen molar-refractivity contribution in [2.75, 3.05) is 0 Å². The fraction of sp³-hybridized carbons (Fsp3) is 0.0625. The molecule has 0 fully saturated rings. The maximum Gasteiger partial charge on any atom is 0.152 e. The smallest absolute Gasteiger partial charge is 0.152 e. The third-order valence-corrected chi connectivity index (χ3v) is 3.19. The highest BCUT2D eigenvalue weighted by molar-refractivity contribution is 5.99. The van der Waals surface area contributed by atoms with Crippen LogP contribution in [0.4, 0.5) is 0 Å². The van der Waals surface area contributed by atoms with E-state index < -0.39 is 0 Å². The molecule has 2 aromatic carbocycles. The minimum atomic E-state index is 0.708. The SMILES string of the molecule is Cc1cccc(-c2ccc3[nH]cc(C=O)c3c2)c1. The van der Waals surface area contributed by atoms with Gasteiger partial charge in [0.25, 0.3) is 0 Å². The van der Waals surface area contributed by atoms with Gasteiger partial charge in [-0.1, -0.05) is 35.9 Å². The fourth-order valence-electron chi connectivity index (χ4n) is 2.24. The first-order valence-electron chi connectivity index (χ1n) is 5.91. The largest absolute Gasteiger partial charge is 0.360 e. The number of hydrogen-bond acceptors (Lipinski definition) is 1. The van der Waals surface area contributed by atoms with Crippen molar-refractivity contribution < 1.29 is 4.79 Å². The summed E-state index contributed by atoms with van der Waals surface area (Å²) < 4.78 is 0. The molecule has 2 nitrogen and oxygen atoms in total. The van der Waals surface area contributed by atoms with Crippen LogP contribution in [0.15, 0.2) is 48.7 Å². The van der Waals surface area contributed by atoms with E-state index in [2.05, 4.69) is 42.2 Å². The van der Waals surface area contributed by atoms with E-state index in [4.69, 9.17) is 0 Å². The lowest BCUT2D eigenvalue weighted by molar-refractivity contribution is 0.112. The molecule has 1 aromatic heterocycles. The second kappa shape index (κ2) is 4.15. The van der Waals surface area contributed by atoms with E-state index >= 15 is 0 Å². The molecule has 3 aromatic rings. The van der Waals surface area contributed by atoms with E-state index in [1.807, 2.05) is 12.1 Å². The average molecular weight is 235 g/mol. The molecule has 0 aliphatic rings. The number of carbonyl (C=O) groups excluding carboxylic acids is 1. The Morgan fingerprint density at radius 3 is 2.67 bits per heavy atom. The molecule has 0 unspecified atom stereocenters. The summed E-state index contributed by atoms with van der Waals surface area (Å²) in [5.74, 6) is 0. The monoisotopic (exact) mass is 235 g/mol. The molecule has 0 bridgehead atoms. The molecule has 0 saturated carbocycles. The van der Waals surface area contributed by atoms with Crippen LogP contribution in [0.1, 0.15) is 15.9 Å². The van der Waals surface area contributed by atoms with Crippen LogP contribution in [0, 0.1) is 6.92 Å². The molecule has 2 heteroatoms. The Balaban J connectivity index is 2.21. The van der Waals surface area contributed by atoms with E-state index in [-0.39, 0.29) is 0 Å². The van der Waals surface area contributed by atoms with Crippen LogP contribution in [0.25, 0.3) is 22.0 Å². The summed E-state index contributed by atoms with van der Waals surface area (Å²) in [6.07, 6.45) is 2.64. The van der Waals surface area contributed by atoms with Gasteiger partial charge < -0.3 is 4.98 Å². The Kier molecular flexibility index (Phi) is 2.49. The minimum absolute atomic E-state index is 0.708. The maximum absolute atomic E-state index is 11.0. The van der Waals surface area contributed by atoms with Gasteiger partial charge in [0.15, 0.2) is 6.29 Å². The van der Waals surface area contributed by atoms with Crippen molar-refractivity contribution in [1.82, 2.24) is 4.98 Å². The van der Waals surface area contributed by atoms with E-state index in [9.17, 15) is 4.79 Å². The molecule has 0 atom stereocenters. The number of fused-ring (bicyclic) bond motifs is 1. The quantitative estimate of drug-likeness (QED) is 0.670. The molecule has 1 N–H and O–H groups in total. The zero-order valence-electron chi connectivity index (χ0n) is 10.1. The van der Waals surface area contributed by atoms with Crippen LogP contribution in [-0.2, 0) is 0 Å². The van der Waals surface area contributed by atoms with E-state index in [0.717, 1.165) is 22.8 Å². The summed E-state index contributed by atoms with van der Waals surface area (Å²) in [6.45, 7) is 2.08. The third-order valence-electron chi connectivity index (χ3n) is 3.19. The molecule has 1 heterocycles. The summed E-state index contributed by atoms with van der Waals surface area (Å²) >= 11 is 0. The number of H-pyrrole nitrogens is 1. The predicted molar refractivity (Wildman–Crippen MR) is 73.9 cm³/mol. The zero-order valence-corrected chi connectivity index (χ0v) is 10.1. The molecule has 88 valence electrons. The summed E-state index contributed by atoms with van der Waals surface area (Å²) in [5, 5.41) is 0.976. The molecule has 18 heavy (non-hydrogen) atoms. The lowest BCUT2D eigenvalue weighted by Crippen LogP contribution is -1.81. The van der Waals surface area contributed by atoms with Gasteiger partial charge in [0, 0.05) is 22.7 Å². The van der Waals surface area contributed by atoms with Gasteiger partial charge in [-0.05, 0) is 30.2 Å². The molecule has 0 aliphatic carbocycles. The fourth-order valence-corrected chi connectivity index (χ4v) is 2.24. The average Bonchev–Trinajstić information content (AvgIpc) is 2.80. The highest BCUT2D eigenvalue weighted by Gasteiger charge is 2.05.